The molecule has 33 heavy (non-hydrogen) atoms. The lowest BCUT2D eigenvalue weighted by atomic mass is 9.67. The molecule has 0 unspecified atom stereocenters. The van der Waals surface area contributed by atoms with E-state index >= 15 is 0 Å². The van der Waals surface area contributed by atoms with Gasteiger partial charge >= 0.3 is 0 Å². The highest BCUT2D eigenvalue weighted by molar-refractivity contribution is 5.28. The number of hydrogen-bond acceptors (Lipinski definition) is 0. The maximum Gasteiger partial charge on any atom is 0.132 e. The maximum atomic E-state index is 14.0. The van der Waals surface area contributed by atoms with Gasteiger partial charge in [0, 0.05) is 0 Å². The van der Waals surface area contributed by atoms with Gasteiger partial charge in [0.25, 0.3) is 0 Å². The monoisotopic (exact) mass is 462 g/mol. The fraction of sp³-hybridized carbons (Fsp3) is 0.800. The Bertz CT molecular complexity index is 697. The highest BCUT2D eigenvalue weighted by atomic mass is 19.1. The molecule has 0 atom stereocenters. The third kappa shape index (κ3) is 6.57. The number of benzene rings is 1. The molecule has 0 saturated heterocycles. The first kappa shape index (κ1) is 25.1. The van der Waals surface area contributed by atoms with Crippen LogP contribution in [0.5, 0.6) is 0 Å². The van der Waals surface area contributed by atoms with E-state index in [-0.39, 0.29) is 5.92 Å². The standard InChI is InChI=1S/C30H45F3/c1-2-3-21-4-6-22(7-5-21)8-9-23-10-12-24(13-11-23)25-14-16-26(17-15-25)27-18-29(32)28(20-31)30(33)19-27/h18-19,21-26H,2-17,20H2,1H3. The van der Waals surface area contributed by atoms with Crippen molar-refractivity contribution in [1.29, 1.82) is 0 Å². The molecule has 3 aliphatic carbocycles. The third-order valence-corrected chi connectivity index (χ3v) is 9.74. The molecule has 3 fully saturated rings. The average molecular weight is 463 g/mol. The van der Waals surface area contributed by atoms with Gasteiger partial charge in [-0.15, -0.1) is 0 Å². The molecule has 3 heteroatoms. The molecule has 3 aliphatic rings. The summed E-state index contributed by atoms with van der Waals surface area (Å²) in [6.45, 7) is 1.25. The van der Waals surface area contributed by atoms with Crippen LogP contribution in [-0.4, -0.2) is 0 Å². The zero-order chi connectivity index (χ0) is 23.2. The lowest BCUT2D eigenvalue weighted by molar-refractivity contribution is 0.149. The molecule has 1 aromatic rings. The van der Waals surface area contributed by atoms with E-state index in [2.05, 4.69) is 6.92 Å². The topological polar surface area (TPSA) is 0 Å². The minimum atomic E-state index is -1.08. The van der Waals surface area contributed by atoms with Gasteiger partial charge < -0.3 is 0 Å². The summed E-state index contributed by atoms with van der Waals surface area (Å²) in [4.78, 5) is 0. The first-order valence-corrected chi connectivity index (χ1v) is 14.1. The van der Waals surface area contributed by atoms with E-state index < -0.39 is 23.9 Å². The third-order valence-electron chi connectivity index (χ3n) is 9.74. The Balaban J connectivity index is 1.16. The van der Waals surface area contributed by atoms with Crippen molar-refractivity contribution in [3.05, 3.63) is 34.9 Å². The highest BCUT2D eigenvalue weighted by Gasteiger charge is 2.32. The minimum absolute atomic E-state index is 0.225. The number of hydrogen-bond donors (Lipinski definition) is 0. The van der Waals surface area contributed by atoms with E-state index in [9.17, 15) is 13.2 Å². The summed E-state index contributed by atoms with van der Waals surface area (Å²) in [5, 5.41) is 0. The second kappa shape index (κ2) is 12.1. The van der Waals surface area contributed by atoms with Crippen molar-refractivity contribution in [2.75, 3.05) is 0 Å². The molecule has 0 bridgehead atoms. The van der Waals surface area contributed by atoms with Gasteiger partial charge in [-0.2, -0.15) is 0 Å². The van der Waals surface area contributed by atoms with Crippen molar-refractivity contribution >= 4 is 0 Å². The van der Waals surface area contributed by atoms with E-state index in [0.717, 1.165) is 48.0 Å². The molecule has 0 spiro atoms. The molecule has 0 N–H and O–H groups in total. The van der Waals surface area contributed by atoms with E-state index in [0.29, 0.717) is 0 Å². The van der Waals surface area contributed by atoms with Gasteiger partial charge in [-0.25, -0.2) is 13.2 Å². The number of rotatable bonds is 8. The molecule has 0 amide bonds. The zero-order valence-electron chi connectivity index (χ0n) is 20.8. The van der Waals surface area contributed by atoms with Crippen molar-refractivity contribution < 1.29 is 13.2 Å². The maximum absolute atomic E-state index is 14.0. The van der Waals surface area contributed by atoms with Gasteiger partial charge in [0.1, 0.15) is 18.3 Å². The fourth-order valence-electron chi connectivity index (χ4n) is 7.55. The number of alkyl halides is 1. The van der Waals surface area contributed by atoms with E-state index in [1.807, 2.05) is 0 Å². The second-order valence-corrected chi connectivity index (χ2v) is 11.7. The van der Waals surface area contributed by atoms with Crippen LogP contribution in [0.15, 0.2) is 12.1 Å². The van der Waals surface area contributed by atoms with Crippen molar-refractivity contribution in [3.8, 4) is 0 Å². The van der Waals surface area contributed by atoms with Crippen molar-refractivity contribution in [3.63, 3.8) is 0 Å². The van der Waals surface area contributed by atoms with E-state index in [1.54, 1.807) is 0 Å². The number of halogens is 3. The summed E-state index contributed by atoms with van der Waals surface area (Å²) >= 11 is 0. The van der Waals surface area contributed by atoms with Crippen LogP contribution in [0.25, 0.3) is 0 Å². The fourth-order valence-corrected chi connectivity index (χ4v) is 7.55. The van der Waals surface area contributed by atoms with Crippen molar-refractivity contribution in [1.82, 2.24) is 0 Å². The first-order valence-electron chi connectivity index (χ1n) is 14.1. The minimum Gasteiger partial charge on any atom is -0.246 e. The van der Waals surface area contributed by atoms with Crippen LogP contribution >= 0.6 is 0 Å². The van der Waals surface area contributed by atoms with Gasteiger partial charge in [-0.05, 0) is 91.7 Å². The molecule has 0 aromatic heterocycles. The highest BCUT2D eigenvalue weighted by Crippen LogP contribution is 2.45. The summed E-state index contributed by atoms with van der Waals surface area (Å²) < 4.78 is 40.8. The predicted octanol–water partition coefficient (Wildman–Crippen LogP) is 9.90. The normalized spacial score (nSPS) is 33.2. The molecule has 1 aromatic carbocycles. The molecule has 0 heterocycles. The second-order valence-electron chi connectivity index (χ2n) is 11.7. The van der Waals surface area contributed by atoms with Crippen LogP contribution in [0.1, 0.15) is 127 Å². The zero-order valence-corrected chi connectivity index (χ0v) is 20.8. The Hall–Kier alpha value is -0.990. The summed E-state index contributed by atoms with van der Waals surface area (Å²) in [5.74, 6) is 3.39. The Morgan fingerprint density at radius 1 is 0.636 bits per heavy atom. The molecular formula is C30H45F3. The van der Waals surface area contributed by atoms with Crippen LogP contribution in [0.3, 0.4) is 0 Å². The van der Waals surface area contributed by atoms with Gasteiger partial charge in [0.15, 0.2) is 0 Å². The van der Waals surface area contributed by atoms with Gasteiger partial charge in [-0.3, -0.25) is 0 Å². The summed E-state index contributed by atoms with van der Waals surface area (Å²) in [5.41, 5.74) is 0.307. The van der Waals surface area contributed by atoms with Gasteiger partial charge in [-0.1, -0.05) is 71.1 Å². The van der Waals surface area contributed by atoms with Crippen LogP contribution in [0.4, 0.5) is 13.2 Å². The smallest absolute Gasteiger partial charge is 0.132 e. The molecule has 0 radical (unpaired) electrons. The largest absolute Gasteiger partial charge is 0.246 e. The Morgan fingerprint density at radius 2 is 1.06 bits per heavy atom. The molecular weight excluding hydrogens is 417 g/mol. The Morgan fingerprint density at radius 3 is 1.52 bits per heavy atom. The summed E-state index contributed by atoms with van der Waals surface area (Å²) in [6.07, 6.45) is 21.6. The van der Waals surface area contributed by atoms with Crippen LogP contribution in [0, 0.1) is 41.2 Å². The molecule has 0 aliphatic heterocycles. The SMILES string of the molecule is CCCC1CCC(CCC2CCC(C3CCC(c4cc(F)c(CF)c(F)c4)CC3)CC2)CC1. The molecule has 4 rings (SSSR count). The Kier molecular flexibility index (Phi) is 9.22. The van der Waals surface area contributed by atoms with Gasteiger partial charge in [0.2, 0.25) is 0 Å². The van der Waals surface area contributed by atoms with Crippen LogP contribution in [-0.2, 0) is 6.67 Å². The van der Waals surface area contributed by atoms with Crippen LogP contribution < -0.4 is 0 Å². The first-order chi connectivity index (χ1) is 16.1. The summed E-state index contributed by atoms with van der Waals surface area (Å²) in [6, 6.07) is 2.76. The van der Waals surface area contributed by atoms with E-state index in [4.69, 9.17) is 0 Å². The van der Waals surface area contributed by atoms with Crippen LogP contribution in [0.2, 0.25) is 0 Å². The quantitative estimate of drug-likeness (QED) is 0.360. The summed E-state index contributed by atoms with van der Waals surface area (Å²) in [7, 11) is 0. The Labute approximate surface area is 200 Å². The lowest BCUT2D eigenvalue weighted by Gasteiger charge is -2.38. The van der Waals surface area contributed by atoms with Crippen molar-refractivity contribution in [2.24, 2.45) is 29.6 Å². The average Bonchev–Trinajstić information content (AvgIpc) is 2.84. The molecule has 3 saturated carbocycles. The molecule has 186 valence electrons. The molecule has 0 nitrogen and oxygen atoms in total. The van der Waals surface area contributed by atoms with Gasteiger partial charge in [0.05, 0.1) is 5.56 Å². The van der Waals surface area contributed by atoms with Crippen molar-refractivity contribution in [2.45, 2.75) is 122 Å². The lowest BCUT2D eigenvalue weighted by Crippen LogP contribution is -2.26. The van der Waals surface area contributed by atoms with E-state index in [1.165, 1.54) is 102 Å². The predicted molar refractivity (Wildman–Crippen MR) is 131 cm³/mol.